The maximum Gasteiger partial charge on any atom is 0.178 e. The normalized spacial score (nSPS) is 19.6. The van der Waals surface area contributed by atoms with Crippen molar-refractivity contribution >= 4 is 17.4 Å². The highest BCUT2D eigenvalue weighted by atomic mass is 35.5. The summed E-state index contributed by atoms with van der Waals surface area (Å²) in [5, 5.41) is 3.93. The SMILES string of the molecule is O=C(CN1CCNCC1)c1cc2c(cc1Cl)CCCC2. The molecule has 0 atom stereocenters. The first-order chi connectivity index (χ1) is 9.74. The summed E-state index contributed by atoms with van der Waals surface area (Å²) in [7, 11) is 0. The number of nitrogens with zero attached hydrogens (tertiary/aromatic N) is 1. The Hall–Kier alpha value is -0.900. The van der Waals surface area contributed by atoms with Crippen molar-refractivity contribution in [2.45, 2.75) is 25.7 Å². The van der Waals surface area contributed by atoms with Crippen LogP contribution >= 0.6 is 11.6 Å². The van der Waals surface area contributed by atoms with Gasteiger partial charge in [0.15, 0.2) is 5.78 Å². The third kappa shape index (κ3) is 3.05. The second-order valence-electron chi connectivity index (χ2n) is 5.76. The Morgan fingerprint density at radius 1 is 1.15 bits per heavy atom. The lowest BCUT2D eigenvalue weighted by Gasteiger charge is -2.26. The number of Topliss-reactive ketones (excluding diaryl/α,β-unsaturated/α-hetero) is 1. The molecule has 0 spiro atoms. The van der Waals surface area contributed by atoms with Crippen molar-refractivity contribution in [3.63, 3.8) is 0 Å². The minimum Gasteiger partial charge on any atom is -0.314 e. The van der Waals surface area contributed by atoms with E-state index in [2.05, 4.69) is 10.2 Å². The average Bonchev–Trinajstić information content (AvgIpc) is 2.47. The van der Waals surface area contributed by atoms with Crippen LogP contribution in [0.25, 0.3) is 0 Å². The Morgan fingerprint density at radius 3 is 2.50 bits per heavy atom. The van der Waals surface area contributed by atoms with Gasteiger partial charge in [0.05, 0.1) is 11.6 Å². The molecule has 108 valence electrons. The van der Waals surface area contributed by atoms with Crippen LogP contribution in [0.15, 0.2) is 12.1 Å². The summed E-state index contributed by atoms with van der Waals surface area (Å²) >= 11 is 6.32. The number of benzene rings is 1. The van der Waals surface area contributed by atoms with E-state index in [4.69, 9.17) is 11.6 Å². The molecule has 20 heavy (non-hydrogen) atoms. The molecule has 1 N–H and O–H groups in total. The van der Waals surface area contributed by atoms with Gasteiger partial charge < -0.3 is 5.32 Å². The Labute approximate surface area is 125 Å². The number of halogens is 1. The third-order valence-corrected chi connectivity index (χ3v) is 4.62. The van der Waals surface area contributed by atoms with Crippen LogP contribution in [-0.4, -0.2) is 43.4 Å². The van der Waals surface area contributed by atoms with Gasteiger partial charge in [-0.3, -0.25) is 9.69 Å². The largest absolute Gasteiger partial charge is 0.314 e. The predicted molar refractivity (Wildman–Crippen MR) is 81.7 cm³/mol. The quantitative estimate of drug-likeness (QED) is 0.868. The highest BCUT2D eigenvalue weighted by molar-refractivity contribution is 6.34. The summed E-state index contributed by atoms with van der Waals surface area (Å²) in [6, 6.07) is 4.06. The molecule has 1 fully saturated rings. The van der Waals surface area contributed by atoms with Crippen molar-refractivity contribution in [2.24, 2.45) is 0 Å². The number of hydrogen-bond acceptors (Lipinski definition) is 3. The summed E-state index contributed by atoms with van der Waals surface area (Å²) in [4.78, 5) is 14.7. The molecule has 1 aliphatic carbocycles. The molecule has 0 aromatic heterocycles. The number of carbonyl (C=O) groups is 1. The predicted octanol–water partition coefficient (Wildman–Crippen LogP) is 2.31. The average molecular weight is 293 g/mol. The number of aryl methyl sites for hydroxylation is 2. The molecule has 0 radical (unpaired) electrons. The van der Waals surface area contributed by atoms with Gasteiger partial charge in [-0.2, -0.15) is 0 Å². The van der Waals surface area contributed by atoms with E-state index >= 15 is 0 Å². The summed E-state index contributed by atoms with van der Waals surface area (Å²) in [5.41, 5.74) is 3.37. The van der Waals surface area contributed by atoms with Crippen LogP contribution in [0.3, 0.4) is 0 Å². The molecule has 1 heterocycles. The fourth-order valence-corrected chi connectivity index (χ4v) is 3.42. The maximum atomic E-state index is 12.5. The van der Waals surface area contributed by atoms with E-state index in [1.165, 1.54) is 24.0 Å². The van der Waals surface area contributed by atoms with Crippen LogP contribution in [0.2, 0.25) is 5.02 Å². The topological polar surface area (TPSA) is 32.3 Å². The van der Waals surface area contributed by atoms with Crippen molar-refractivity contribution in [2.75, 3.05) is 32.7 Å². The van der Waals surface area contributed by atoms with Gasteiger partial charge in [0, 0.05) is 31.7 Å². The molecule has 3 rings (SSSR count). The van der Waals surface area contributed by atoms with E-state index in [1.807, 2.05) is 12.1 Å². The summed E-state index contributed by atoms with van der Waals surface area (Å²) < 4.78 is 0. The Balaban J connectivity index is 1.76. The van der Waals surface area contributed by atoms with Crippen LogP contribution in [0.4, 0.5) is 0 Å². The number of piperazine rings is 1. The first-order valence-electron chi connectivity index (χ1n) is 7.51. The number of fused-ring (bicyclic) bond motifs is 1. The van der Waals surface area contributed by atoms with Gasteiger partial charge in [0.1, 0.15) is 0 Å². The zero-order valence-electron chi connectivity index (χ0n) is 11.8. The Bertz CT molecular complexity index is 509. The highest BCUT2D eigenvalue weighted by Crippen LogP contribution is 2.28. The number of rotatable bonds is 3. The monoisotopic (exact) mass is 292 g/mol. The first-order valence-corrected chi connectivity index (χ1v) is 7.89. The van der Waals surface area contributed by atoms with Gasteiger partial charge in [0.2, 0.25) is 0 Å². The van der Waals surface area contributed by atoms with Crippen molar-refractivity contribution in [1.82, 2.24) is 10.2 Å². The Morgan fingerprint density at radius 2 is 1.80 bits per heavy atom. The zero-order valence-corrected chi connectivity index (χ0v) is 12.5. The lowest BCUT2D eigenvalue weighted by atomic mass is 9.89. The van der Waals surface area contributed by atoms with Crippen molar-refractivity contribution in [3.8, 4) is 0 Å². The van der Waals surface area contributed by atoms with Crippen LogP contribution in [0.5, 0.6) is 0 Å². The minimum absolute atomic E-state index is 0.158. The summed E-state index contributed by atoms with van der Waals surface area (Å²) in [5.74, 6) is 0.158. The molecule has 1 aromatic carbocycles. The molecule has 0 unspecified atom stereocenters. The van der Waals surface area contributed by atoms with E-state index in [-0.39, 0.29) is 5.78 Å². The van der Waals surface area contributed by atoms with E-state index in [0.29, 0.717) is 17.1 Å². The van der Waals surface area contributed by atoms with Gasteiger partial charge in [-0.15, -0.1) is 0 Å². The third-order valence-electron chi connectivity index (χ3n) is 4.31. The van der Waals surface area contributed by atoms with Gasteiger partial charge in [-0.05, 0) is 48.9 Å². The highest BCUT2D eigenvalue weighted by Gasteiger charge is 2.19. The van der Waals surface area contributed by atoms with Crippen LogP contribution in [0, 0.1) is 0 Å². The fourth-order valence-electron chi connectivity index (χ4n) is 3.13. The van der Waals surface area contributed by atoms with E-state index in [9.17, 15) is 4.79 Å². The number of ketones is 1. The molecule has 2 aliphatic rings. The second-order valence-corrected chi connectivity index (χ2v) is 6.16. The van der Waals surface area contributed by atoms with Crippen LogP contribution in [-0.2, 0) is 12.8 Å². The maximum absolute atomic E-state index is 12.5. The summed E-state index contributed by atoms with van der Waals surface area (Å²) in [6.07, 6.45) is 4.64. The second kappa shape index (κ2) is 6.25. The fraction of sp³-hybridized carbons (Fsp3) is 0.562. The van der Waals surface area contributed by atoms with E-state index in [1.54, 1.807) is 0 Å². The van der Waals surface area contributed by atoms with Crippen LogP contribution < -0.4 is 5.32 Å². The zero-order chi connectivity index (χ0) is 13.9. The lowest BCUT2D eigenvalue weighted by molar-refractivity contribution is 0.0921. The lowest BCUT2D eigenvalue weighted by Crippen LogP contribution is -2.45. The van der Waals surface area contributed by atoms with Crippen LogP contribution in [0.1, 0.15) is 34.3 Å². The van der Waals surface area contributed by atoms with Crippen molar-refractivity contribution < 1.29 is 4.79 Å². The molecule has 1 aliphatic heterocycles. The van der Waals surface area contributed by atoms with Gasteiger partial charge in [0.25, 0.3) is 0 Å². The smallest absolute Gasteiger partial charge is 0.178 e. The number of carbonyl (C=O) groups excluding carboxylic acids is 1. The molecule has 0 saturated carbocycles. The molecule has 1 saturated heterocycles. The van der Waals surface area contributed by atoms with E-state index < -0.39 is 0 Å². The molecule has 4 heteroatoms. The van der Waals surface area contributed by atoms with Gasteiger partial charge >= 0.3 is 0 Å². The van der Waals surface area contributed by atoms with Gasteiger partial charge in [-0.25, -0.2) is 0 Å². The van der Waals surface area contributed by atoms with Gasteiger partial charge in [-0.1, -0.05) is 11.6 Å². The standard InChI is InChI=1S/C16H21ClN2O/c17-15-10-13-4-2-1-3-12(13)9-14(15)16(20)11-19-7-5-18-6-8-19/h9-10,18H,1-8,11H2. The summed E-state index contributed by atoms with van der Waals surface area (Å²) in [6.45, 7) is 4.29. The number of nitrogens with one attached hydrogen (secondary N) is 1. The van der Waals surface area contributed by atoms with E-state index in [0.717, 1.165) is 39.0 Å². The number of hydrogen-bond donors (Lipinski definition) is 1. The van der Waals surface area contributed by atoms with Crippen molar-refractivity contribution in [1.29, 1.82) is 0 Å². The molecular weight excluding hydrogens is 272 g/mol. The molecule has 0 amide bonds. The Kier molecular flexibility index (Phi) is 4.39. The molecule has 1 aromatic rings. The molecular formula is C16H21ClN2O. The molecule has 0 bridgehead atoms. The minimum atomic E-state index is 0.158. The molecule has 3 nitrogen and oxygen atoms in total. The first kappa shape index (κ1) is 14.1. The van der Waals surface area contributed by atoms with Crippen molar-refractivity contribution in [3.05, 3.63) is 33.8 Å².